The van der Waals surface area contributed by atoms with Gasteiger partial charge in [-0.1, -0.05) is 66.5 Å². The third kappa shape index (κ3) is 4.54. The van der Waals surface area contributed by atoms with Gasteiger partial charge in [0.2, 0.25) is 5.91 Å². The molecule has 0 unspecified atom stereocenters. The minimum atomic E-state index is -0.129. The Labute approximate surface area is 174 Å². The number of carbonyl (C=O) groups is 1. The Morgan fingerprint density at radius 3 is 2.64 bits per heavy atom. The SMILES string of the molecule is Cc1cccc(-c2nc(C(C)C)no2)c1NC(=O)CCc1cccc(Cl)c1Cl. The van der Waals surface area contributed by atoms with Crippen LogP contribution in [0.1, 0.15) is 43.1 Å². The quantitative estimate of drug-likeness (QED) is 0.529. The molecule has 146 valence electrons. The van der Waals surface area contributed by atoms with Crippen LogP contribution in [0.4, 0.5) is 5.69 Å². The number of benzene rings is 2. The lowest BCUT2D eigenvalue weighted by Gasteiger charge is -2.12. The number of nitrogens with zero attached hydrogens (tertiary/aromatic N) is 2. The Kier molecular flexibility index (Phi) is 6.37. The Hall–Kier alpha value is -2.37. The maximum absolute atomic E-state index is 12.6. The van der Waals surface area contributed by atoms with Crippen molar-refractivity contribution in [1.82, 2.24) is 10.1 Å². The van der Waals surface area contributed by atoms with E-state index < -0.39 is 0 Å². The molecule has 2 aromatic carbocycles. The van der Waals surface area contributed by atoms with Crippen LogP contribution in [0.5, 0.6) is 0 Å². The number of carbonyl (C=O) groups excluding carboxylic acids is 1. The monoisotopic (exact) mass is 417 g/mol. The summed E-state index contributed by atoms with van der Waals surface area (Å²) in [4.78, 5) is 17.0. The van der Waals surface area contributed by atoms with Gasteiger partial charge in [0.15, 0.2) is 5.82 Å². The number of halogens is 2. The highest BCUT2D eigenvalue weighted by Gasteiger charge is 2.18. The maximum atomic E-state index is 12.6. The van der Waals surface area contributed by atoms with Gasteiger partial charge in [0.1, 0.15) is 0 Å². The van der Waals surface area contributed by atoms with Crippen LogP contribution in [0, 0.1) is 6.92 Å². The number of hydrogen-bond acceptors (Lipinski definition) is 4. The summed E-state index contributed by atoms with van der Waals surface area (Å²) in [5.41, 5.74) is 3.13. The standard InChI is InChI=1S/C21H21Cl2N3O2/c1-12(2)20-25-21(28-26-20)15-8-4-6-13(3)19(15)24-17(27)11-10-14-7-5-9-16(22)18(14)23/h4-9,12H,10-11H2,1-3H3,(H,24,27). The van der Waals surface area contributed by atoms with Crippen molar-refractivity contribution in [1.29, 1.82) is 0 Å². The highest BCUT2D eigenvalue weighted by atomic mass is 35.5. The lowest BCUT2D eigenvalue weighted by atomic mass is 10.1. The second kappa shape index (κ2) is 8.76. The minimum absolute atomic E-state index is 0.129. The topological polar surface area (TPSA) is 68.0 Å². The van der Waals surface area contributed by atoms with E-state index in [4.69, 9.17) is 27.7 Å². The van der Waals surface area contributed by atoms with Crippen molar-refractivity contribution in [2.75, 3.05) is 5.32 Å². The highest BCUT2D eigenvalue weighted by molar-refractivity contribution is 6.42. The van der Waals surface area contributed by atoms with E-state index in [-0.39, 0.29) is 18.2 Å². The second-order valence-electron chi connectivity index (χ2n) is 6.87. The van der Waals surface area contributed by atoms with Crippen molar-refractivity contribution in [3.8, 4) is 11.5 Å². The molecule has 0 aliphatic heterocycles. The van der Waals surface area contributed by atoms with Crippen molar-refractivity contribution < 1.29 is 9.32 Å². The van der Waals surface area contributed by atoms with E-state index in [0.29, 0.717) is 39.4 Å². The molecule has 0 bridgehead atoms. The van der Waals surface area contributed by atoms with E-state index in [2.05, 4.69) is 15.5 Å². The summed E-state index contributed by atoms with van der Waals surface area (Å²) in [5.74, 6) is 1.04. The number of rotatable bonds is 6. The Bertz CT molecular complexity index is 999. The van der Waals surface area contributed by atoms with Crippen LogP contribution in [0.2, 0.25) is 10.0 Å². The van der Waals surface area contributed by atoms with E-state index in [1.54, 1.807) is 6.07 Å². The second-order valence-corrected chi connectivity index (χ2v) is 7.66. The van der Waals surface area contributed by atoms with Gasteiger partial charge in [0.05, 0.1) is 21.3 Å². The fourth-order valence-electron chi connectivity index (χ4n) is 2.78. The smallest absolute Gasteiger partial charge is 0.260 e. The summed E-state index contributed by atoms with van der Waals surface area (Å²) < 4.78 is 5.40. The van der Waals surface area contributed by atoms with E-state index in [1.807, 2.05) is 51.1 Å². The largest absolute Gasteiger partial charge is 0.334 e. The molecule has 1 heterocycles. The van der Waals surface area contributed by atoms with Gasteiger partial charge in [-0.3, -0.25) is 4.79 Å². The third-order valence-corrected chi connectivity index (χ3v) is 5.24. The lowest BCUT2D eigenvalue weighted by molar-refractivity contribution is -0.116. The van der Waals surface area contributed by atoms with E-state index in [9.17, 15) is 4.79 Å². The van der Waals surface area contributed by atoms with Crippen LogP contribution >= 0.6 is 23.2 Å². The summed E-state index contributed by atoms with van der Waals surface area (Å²) in [7, 11) is 0. The molecule has 1 N–H and O–H groups in total. The van der Waals surface area contributed by atoms with E-state index in [1.165, 1.54) is 0 Å². The molecule has 0 saturated heterocycles. The van der Waals surface area contributed by atoms with Crippen molar-refractivity contribution >= 4 is 34.8 Å². The zero-order chi connectivity index (χ0) is 20.3. The van der Waals surface area contributed by atoms with Gasteiger partial charge < -0.3 is 9.84 Å². The van der Waals surface area contributed by atoms with Gasteiger partial charge in [-0.15, -0.1) is 0 Å². The number of aromatic nitrogens is 2. The van der Waals surface area contributed by atoms with Gasteiger partial charge >= 0.3 is 0 Å². The molecule has 3 aromatic rings. The molecule has 0 spiro atoms. The average Bonchev–Trinajstić information content (AvgIpc) is 3.15. The first-order valence-electron chi connectivity index (χ1n) is 9.03. The van der Waals surface area contributed by atoms with E-state index >= 15 is 0 Å². The van der Waals surface area contributed by atoms with Gasteiger partial charge in [-0.05, 0) is 36.6 Å². The van der Waals surface area contributed by atoms with Crippen LogP contribution in [-0.4, -0.2) is 16.0 Å². The number of nitrogens with one attached hydrogen (secondary N) is 1. The summed E-state index contributed by atoms with van der Waals surface area (Å²) in [6, 6.07) is 11.1. The number of hydrogen-bond donors (Lipinski definition) is 1. The van der Waals surface area contributed by atoms with Crippen molar-refractivity contribution in [2.45, 2.75) is 39.5 Å². The summed E-state index contributed by atoms with van der Waals surface area (Å²) >= 11 is 12.2. The molecular formula is C21H21Cl2N3O2. The van der Waals surface area contributed by atoms with Gasteiger partial charge in [-0.2, -0.15) is 4.98 Å². The summed E-state index contributed by atoms with van der Waals surface area (Å²) in [5, 5.41) is 7.96. The number of anilines is 1. The van der Waals surface area contributed by atoms with E-state index in [0.717, 1.165) is 11.1 Å². The first kappa shape index (κ1) is 20.4. The van der Waals surface area contributed by atoms with Crippen LogP contribution in [-0.2, 0) is 11.2 Å². The molecule has 5 nitrogen and oxygen atoms in total. The molecule has 1 aromatic heterocycles. The number of aryl methyl sites for hydroxylation is 2. The molecule has 0 saturated carbocycles. The Morgan fingerprint density at radius 1 is 1.18 bits per heavy atom. The van der Waals surface area contributed by atoms with Crippen LogP contribution in [0.25, 0.3) is 11.5 Å². The number of para-hydroxylation sites is 1. The summed E-state index contributed by atoms with van der Waals surface area (Å²) in [6.07, 6.45) is 0.763. The van der Waals surface area contributed by atoms with Crippen LogP contribution in [0.15, 0.2) is 40.9 Å². The predicted molar refractivity (Wildman–Crippen MR) is 112 cm³/mol. The fourth-order valence-corrected chi connectivity index (χ4v) is 3.20. The van der Waals surface area contributed by atoms with Crippen molar-refractivity contribution in [2.24, 2.45) is 0 Å². The molecule has 0 fully saturated rings. The first-order valence-corrected chi connectivity index (χ1v) is 9.78. The zero-order valence-corrected chi connectivity index (χ0v) is 17.4. The average molecular weight is 418 g/mol. The molecule has 28 heavy (non-hydrogen) atoms. The molecular weight excluding hydrogens is 397 g/mol. The molecule has 1 amide bonds. The van der Waals surface area contributed by atoms with Crippen LogP contribution < -0.4 is 5.32 Å². The number of amides is 1. The Morgan fingerprint density at radius 2 is 1.93 bits per heavy atom. The van der Waals surface area contributed by atoms with Crippen LogP contribution in [0.3, 0.4) is 0 Å². The van der Waals surface area contributed by atoms with Gasteiger partial charge in [-0.25, -0.2) is 0 Å². The van der Waals surface area contributed by atoms with Gasteiger partial charge in [0, 0.05) is 12.3 Å². The molecule has 0 atom stereocenters. The predicted octanol–water partition coefficient (Wildman–Crippen LogP) is 6.05. The maximum Gasteiger partial charge on any atom is 0.260 e. The molecule has 0 aliphatic carbocycles. The minimum Gasteiger partial charge on any atom is -0.334 e. The zero-order valence-electron chi connectivity index (χ0n) is 15.9. The normalized spacial score (nSPS) is 11.1. The fraction of sp³-hybridized carbons (Fsp3) is 0.286. The lowest BCUT2D eigenvalue weighted by Crippen LogP contribution is -2.14. The molecule has 0 aliphatic rings. The van der Waals surface area contributed by atoms with Gasteiger partial charge in [0.25, 0.3) is 5.89 Å². The molecule has 0 radical (unpaired) electrons. The first-order chi connectivity index (χ1) is 13.4. The van der Waals surface area contributed by atoms with Crippen molar-refractivity contribution in [3.05, 3.63) is 63.4 Å². The summed E-state index contributed by atoms with van der Waals surface area (Å²) in [6.45, 7) is 5.91. The third-order valence-electron chi connectivity index (χ3n) is 4.38. The van der Waals surface area contributed by atoms with Crippen molar-refractivity contribution in [3.63, 3.8) is 0 Å². The Balaban J connectivity index is 1.78. The molecule has 3 rings (SSSR count). The molecule has 7 heteroatoms. The highest BCUT2D eigenvalue weighted by Crippen LogP contribution is 2.31.